The molecule has 0 spiro atoms. The molecule has 0 aliphatic carbocycles. The molecule has 2 N–H and O–H groups in total. The first-order valence-corrected chi connectivity index (χ1v) is 10.0. The van der Waals surface area contributed by atoms with Gasteiger partial charge in [0.2, 0.25) is 5.91 Å². The van der Waals surface area contributed by atoms with Crippen LogP contribution in [0.2, 0.25) is 0 Å². The van der Waals surface area contributed by atoms with E-state index < -0.39 is 5.82 Å². The lowest BCUT2D eigenvalue weighted by Crippen LogP contribution is -2.54. The van der Waals surface area contributed by atoms with Crippen molar-refractivity contribution in [3.63, 3.8) is 0 Å². The van der Waals surface area contributed by atoms with E-state index in [4.69, 9.17) is 4.74 Å². The van der Waals surface area contributed by atoms with Crippen molar-refractivity contribution in [1.29, 1.82) is 0 Å². The highest BCUT2D eigenvalue weighted by Crippen LogP contribution is 2.26. The van der Waals surface area contributed by atoms with Gasteiger partial charge in [0.1, 0.15) is 17.6 Å². The fourth-order valence-corrected chi connectivity index (χ4v) is 3.95. The first-order chi connectivity index (χ1) is 14.6. The summed E-state index contributed by atoms with van der Waals surface area (Å²) in [7, 11) is 1.63. The van der Waals surface area contributed by atoms with Crippen molar-refractivity contribution in [1.82, 2.24) is 20.7 Å². The van der Waals surface area contributed by atoms with Crippen molar-refractivity contribution < 1.29 is 18.7 Å². The summed E-state index contributed by atoms with van der Waals surface area (Å²) in [6, 6.07) is 13.4. The minimum Gasteiger partial charge on any atom is -0.497 e. The van der Waals surface area contributed by atoms with E-state index in [9.17, 15) is 14.0 Å². The van der Waals surface area contributed by atoms with E-state index in [2.05, 4.69) is 10.9 Å². The molecule has 0 radical (unpaired) electrons. The van der Waals surface area contributed by atoms with E-state index in [1.165, 1.54) is 12.1 Å². The lowest BCUT2D eigenvalue weighted by Gasteiger charge is -2.36. The number of carbonyl (C=O) groups excluding carboxylic acids is 2. The summed E-state index contributed by atoms with van der Waals surface area (Å²) < 4.78 is 19.2. The van der Waals surface area contributed by atoms with Crippen LogP contribution in [0.5, 0.6) is 5.75 Å². The Bertz CT molecular complexity index is 930. The van der Waals surface area contributed by atoms with Crippen LogP contribution in [0, 0.1) is 5.82 Å². The van der Waals surface area contributed by atoms with Crippen molar-refractivity contribution >= 4 is 11.8 Å². The van der Waals surface area contributed by atoms with Gasteiger partial charge >= 0.3 is 0 Å². The Morgan fingerprint density at radius 2 is 1.73 bits per heavy atom. The van der Waals surface area contributed by atoms with E-state index in [1.807, 2.05) is 24.3 Å². The van der Waals surface area contributed by atoms with Gasteiger partial charge in [-0.15, -0.1) is 0 Å². The van der Waals surface area contributed by atoms with Crippen LogP contribution in [0.15, 0.2) is 48.5 Å². The SMILES string of the molecule is COc1cccc(C2CC(C(=O)N3CCN(C(=O)c4ccccc4F)CC3)NN2)c1. The van der Waals surface area contributed by atoms with Gasteiger partial charge in [-0.2, -0.15) is 0 Å². The molecule has 2 atom stereocenters. The van der Waals surface area contributed by atoms with Gasteiger partial charge in [0.25, 0.3) is 5.91 Å². The molecule has 2 aliphatic rings. The molecule has 4 rings (SSSR count). The van der Waals surface area contributed by atoms with Crippen LogP contribution in [0.1, 0.15) is 28.4 Å². The van der Waals surface area contributed by atoms with Crippen LogP contribution >= 0.6 is 0 Å². The van der Waals surface area contributed by atoms with Crippen molar-refractivity contribution in [3.8, 4) is 5.75 Å². The maximum Gasteiger partial charge on any atom is 0.256 e. The third kappa shape index (κ3) is 4.15. The van der Waals surface area contributed by atoms with Crippen molar-refractivity contribution in [2.45, 2.75) is 18.5 Å². The average Bonchev–Trinajstić information content (AvgIpc) is 3.29. The predicted octanol–water partition coefficient (Wildman–Crippen LogP) is 1.73. The first kappa shape index (κ1) is 20.3. The molecule has 0 bridgehead atoms. The van der Waals surface area contributed by atoms with Gasteiger partial charge in [-0.25, -0.2) is 15.2 Å². The number of nitrogens with one attached hydrogen (secondary N) is 2. The highest BCUT2D eigenvalue weighted by atomic mass is 19.1. The van der Waals surface area contributed by atoms with E-state index >= 15 is 0 Å². The number of hydrogen-bond donors (Lipinski definition) is 2. The summed E-state index contributed by atoms with van der Waals surface area (Å²) in [6.45, 7) is 1.64. The number of halogens is 1. The molecule has 8 heteroatoms. The molecule has 2 unspecified atom stereocenters. The molecule has 7 nitrogen and oxygen atoms in total. The number of amides is 2. The second-order valence-corrected chi connectivity index (χ2v) is 7.50. The lowest BCUT2D eigenvalue weighted by molar-refractivity contribution is -0.134. The van der Waals surface area contributed by atoms with Crippen molar-refractivity contribution in [2.24, 2.45) is 0 Å². The molecule has 2 heterocycles. The zero-order chi connectivity index (χ0) is 21.1. The highest BCUT2D eigenvalue weighted by Gasteiger charge is 2.35. The normalized spacial score (nSPS) is 21.5. The minimum atomic E-state index is -0.522. The number of benzene rings is 2. The minimum absolute atomic E-state index is 0.00545. The van der Waals surface area contributed by atoms with Crippen molar-refractivity contribution in [3.05, 3.63) is 65.5 Å². The molecule has 0 aromatic heterocycles. The van der Waals surface area contributed by atoms with Gasteiger partial charge in [0, 0.05) is 32.2 Å². The zero-order valence-electron chi connectivity index (χ0n) is 16.8. The van der Waals surface area contributed by atoms with Crippen LogP contribution in [0.25, 0.3) is 0 Å². The number of carbonyl (C=O) groups is 2. The zero-order valence-corrected chi connectivity index (χ0v) is 16.8. The number of piperazine rings is 1. The lowest BCUT2D eigenvalue weighted by atomic mass is 10.0. The van der Waals surface area contributed by atoms with Gasteiger partial charge in [-0.3, -0.25) is 9.59 Å². The van der Waals surface area contributed by atoms with E-state index in [0.717, 1.165) is 11.3 Å². The summed E-state index contributed by atoms with van der Waals surface area (Å²) in [4.78, 5) is 28.9. The molecule has 2 aliphatic heterocycles. The van der Waals surface area contributed by atoms with E-state index in [1.54, 1.807) is 29.0 Å². The molecule has 2 amide bonds. The Balaban J connectivity index is 1.32. The molecule has 0 saturated carbocycles. The Morgan fingerprint density at radius 3 is 2.47 bits per heavy atom. The number of nitrogens with zero attached hydrogens (tertiary/aromatic N) is 2. The number of hydrazine groups is 1. The third-order valence-corrected chi connectivity index (χ3v) is 5.68. The average molecular weight is 412 g/mol. The maximum atomic E-state index is 13.9. The summed E-state index contributed by atoms with van der Waals surface area (Å²) in [5, 5.41) is 0. The molecule has 30 heavy (non-hydrogen) atoms. The van der Waals surface area contributed by atoms with E-state index in [-0.39, 0.29) is 29.5 Å². The predicted molar refractivity (Wildman–Crippen MR) is 109 cm³/mol. The molecule has 2 aromatic carbocycles. The number of methoxy groups -OCH3 is 1. The highest BCUT2D eigenvalue weighted by molar-refractivity contribution is 5.94. The van der Waals surface area contributed by atoms with Crippen LogP contribution in [-0.4, -0.2) is 60.9 Å². The second kappa shape index (κ2) is 8.81. The quantitative estimate of drug-likeness (QED) is 0.800. The standard InChI is InChI=1S/C22H25FN4O3/c1-30-16-6-4-5-15(13-16)19-14-20(25-24-19)22(29)27-11-9-26(10-12-27)21(28)17-7-2-3-8-18(17)23/h2-8,13,19-20,24-25H,9-12,14H2,1H3. The number of rotatable bonds is 4. The van der Waals surface area contributed by atoms with Crippen LogP contribution in [-0.2, 0) is 4.79 Å². The Labute approximate surface area is 174 Å². The maximum absolute atomic E-state index is 13.9. The van der Waals surface area contributed by atoms with Gasteiger partial charge in [-0.05, 0) is 36.2 Å². The van der Waals surface area contributed by atoms with Gasteiger partial charge in [0.15, 0.2) is 0 Å². The van der Waals surface area contributed by atoms with Gasteiger partial charge in [0.05, 0.1) is 12.7 Å². The molecule has 2 aromatic rings. The monoisotopic (exact) mass is 412 g/mol. The topological polar surface area (TPSA) is 73.9 Å². The summed E-state index contributed by atoms with van der Waals surface area (Å²) in [6.07, 6.45) is 0.625. The molecule has 2 saturated heterocycles. The fourth-order valence-electron chi connectivity index (χ4n) is 3.95. The van der Waals surface area contributed by atoms with Gasteiger partial charge in [-0.1, -0.05) is 24.3 Å². The van der Waals surface area contributed by atoms with Crippen LogP contribution in [0.4, 0.5) is 4.39 Å². The second-order valence-electron chi connectivity index (χ2n) is 7.50. The molecule has 2 fully saturated rings. The molecular weight excluding hydrogens is 387 g/mol. The van der Waals surface area contributed by atoms with Crippen molar-refractivity contribution in [2.75, 3.05) is 33.3 Å². The molecular formula is C22H25FN4O3. The fraction of sp³-hybridized carbons (Fsp3) is 0.364. The summed E-state index contributed by atoms with van der Waals surface area (Å²) in [5.41, 5.74) is 7.41. The number of hydrogen-bond acceptors (Lipinski definition) is 5. The van der Waals surface area contributed by atoms with Crippen LogP contribution in [0.3, 0.4) is 0 Å². The summed E-state index contributed by atoms with van der Waals surface area (Å²) >= 11 is 0. The first-order valence-electron chi connectivity index (χ1n) is 10.0. The third-order valence-electron chi connectivity index (χ3n) is 5.68. The van der Waals surface area contributed by atoms with Crippen LogP contribution < -0.4 is 15.6 Å². The largest absolute Gasteiger partial charge is 0.497 e. The smallest absolute Gasteiger partial charge is 0.256 e. The Kier molecular flexibility index (Phi) is 5.96. The number of ether oxygens (including phenoxy) is 1. The summed E-state index contributed by atoms with van der Waals surface area (Å²) in [5.74, 6) is -0.0737. The van der Waals surface area contributed by atoms with E-state index in [0.29, 0.717) is 32.6 Å². The molecule has 158 valence electrons. The van der Waals surface area contributed by atoms with Gasteiger partial charge < -0.3 is 14.5 Å². The Hall–Kier alpha value is -2.97. The Morgan fingerprint density at radius 1 is 1.00 bits per heavy atom.